The van der Waals surface area contributed by atoms with E-state index in [-0.39, 0.29) is 5.60 Å². The summed E-state index contributed by atoms with van der Waals surface area (Å²) in [5.41, 5.74) is 1.00. The second kappa shape index (κ2) is 5.30. The molecule has 90 valence electrons. The van der Waals surface area contributed by atoms with Gasteiger partial charge in [0.15, 0.2) is 0 Å². The minimum atomic E-state index is -0.201. The fraction of sp³-hybridized carbons (Fsp3) is 0.615. The smallest absolute Gasteiger partial charge is 0.214 e. The molecule has 3 heteroatoms. The Morgan fingerprint density at radius 1 is 1.44 bits per heavy atom. The van der Waals surface area contributed by atoms with Gasteiger partial charge in [0, 0.05) is 18.3 Å². The largest absolute Gasteiger partial charge is 0.472 e. The third-order valence-corrected chi connectivity index (χ3v) is 2.18. The summed E-state index contributed by atoms with van der Waals surface area (Å²) in [5.74, 6) is 0.690. The van der Waals surface area contributed by atoms with Gasteiger partial charge in [-0.15, -0.1) is 0 Å². The van der Waals surface area contributed by atoms with Crippen LogP contribution in [0.25, 0.3) is 0 Å². The lowest BCUT2D eigenvalue weighted by Crippen LogP contribution is -2.24. The molecule has 0 aliphatic rings. The predicted molar refractivity (Wildman–Crippen MR) is 66.7 cm³/mol. The lowest BCUT2D eigenvalue weighted by Gasteiger charge is -2.21. The molecule has 1 aromatic rings. The highest BCUT2D eigenvalue weighted by molar-refractivity contribution is 5.23. The van der Waals surface area contributed by atoms with Crippen LogP contribution in [0.3, 0.4) is 0 Å². The Morgan fingerprint density at radius 3 is 2.69 bits per heavy atom. The summed E-state index contributed by atoms with van der Waals surface area (Å²) < 4.78 is 5.73. The van der Waals surface area contributed by atoms with Crippen LogP contribution in [0.5, 0.6) is 5.88 Å². The van der Waals surface area contributed by atoms with E-state index in [0.29, 0.717) is 11.9 Å². The molecule has 0 radical (unpaired) electrons. The van der Waals surface area contributed by atoms with Crippen molar-refractivity contribution < 1.29 is 4.74 Å². The zero-order valence-corrected chi connectivity index (χ0v) is 10.9. The van der Waals surface area contributed by atoms with E-state index in [2.05, 4.69) is 24.1 Å². The van der Waals surface area contributed by atoms with E-state index in [1.54, 1.807) is 6.20 Å². The van der Waals surface area contributed by atoms with Gasteiger partial charge in [0.25, 0.3) is 0 Å². The van der Waals surface area contributed by atoms with Crippen LogP contribution in [0.4, 0.5) is 0 Å². The third kappa shape index (κ3) is 4.19. The van der Waals surface area contributed by atoms with E-state index in [4.69, 9.17) is 4.74 Å². The number of nitrogens with one attached hydrogen (secondary N) is 1. The molecule has 1 heterocycles. The predicted octanol–water partition coefficient (Wildman–Crippen LogP) is 2.93. The van der Waals surface area contributed by atoms with Crippen molar-refractivity contribution in [1.82, 2.24) is 10.3 Å². The van der Waals surface area contributed by atoms with Crippen molar-refractivity contribution in [3.8, 4) is 5.88 Å². The lowest BCUT2D eigenvalue weighted by atomic mass is 10.1. The van der Waals surface area contributed by atoms with E-state index in [1.165, 1.54) is 5.56 Å². The van der Waals surface area contributed by atoms with E-state index in [1.807, 2.05) is 32.9 Å². The Morgan fingerprint density at radius 2 is 2.12 bits per heavy atom. The highest BCUT2D eigenvalue weighted by Crippen LogP contribution is 2.19. The highest BCUT2D eigenvalue weighted by atomic mass is 16.5. The van der Waals surface area contributed by atoms with Gasteiger partial charge in [-0.25, -0.2) is 4.98 Å². The second-order valence-corrected chi connectivity index (χ2v) is 4.92. The Labute approximate surface area is 98.2 Å². The van der Waals surface area contributed by atoms with Gasteiger partial charge in [0.05, 0.1) is 0 Å². The van der Waals surface area contributed by atoms with Crippen LogP contribution in [0.15, 0.2) is 18.3 Å². The van der Waals surface area contributed by atoms with Gasteiger partial charge in [0.2, 0.25) is 5.88 Å². The average molecular weight is 222 g/mol. The molecule has 3 nitrogen and oxygen atoms in total. The van der Waals surface area contributed by atoms with Gasteiger partial charge < -0.3 is 10.1 Å². The number of ether oxygens (including phenoxy) is 1. The molecule has 0 fully saturated rings. The Balaban J connectivity index is 2.78. The first-order chi connectivity index (χ1) is 7.42. The normalized spacial score (nSPS) is 13.6. The van der Waals surface area contributed by atoms with Crippen LogP contribution < -0.4 is 10.1 Å². The van der Waals surface area contributed by atoms with Crippen LogP contribution in [-0.2, 0) is 0 Å². The van der Waals surface area contributed by atoms with Crippen LogP contribution in [0.1, 0.15) is 46.2 Å². The molecule has 1 N–H and O–H groups in total. The summed E-state index contributed by atoms with van der Waals surface area (Å²) in [6.07, 6.45) is 1.80. The summed E-state index contributed by atoms with van der Waals surface area (Å²) in [6, 6.07) is 4.34. The van der Waals surface area contributed by atoms with Crippen molar-refractivity contribution >= 4 is 0 Å². The first kappa shape index (κ1) is 13.0. The number of hydrogen-bond donors (Lipinski definition) is 1. The van der Waals surface area contributed by atoms with Crippen molar-refractivity contribution in [3.05, 3.63) is 23.9 Å². The van der Waals surface area contributed by atoms with Gasteiger partial charge in [0.1, 0.15) is 5.60 Å². The Kier molecular flexibility index (Phi) is 4.30. The van der Waals surface area contributed by atoms with Gasteiger partial charge in [-0.2, -0.15) is 0 Å². The van der Waals surface area contributed by atoms with Crippen molar-refractivity contribution in [3.63, 3.8) is 0 Å². The van der Waals surface area contributed by atoms with E-state index in [9.17, 15) is 0 Å². The van der Waals surface area contributed by atoms with Crippen molar-refractivity contribution in [1.29, 1.82) is 0 Å². The van der Waals surface area contributed by atoms with Crippen molar-refractivity contribution in [2.24, 2.45) is 0 Å². The maximum Gasteiger partial charge on any atom is 0.214 e. The van der Waals surface area contributed by atoms with Crippen LogP contribution in [0.2, 0.25) is 0 Å². The first-order valence-corrected chi connectivity index (χ1v) is 5.80. The second-order valence-electron chi connectivity index (χ2n) is 4.92. The van der Waals surface area contributed by atoms with Crippen molar-refractivity contribution in [2.45, 2.75) is 46.3 Å². The number of pyridine rings is 1. The van der Waals surface area contributed by atoms with Gasteiger partial charge >= 0.3 is 0 Å². The van der Waals surface area contributed by atoms with Gasteiger partial charge in [-0.3, -0.25) is 0 Å². The number of aromatic nitrogens is 1. The van der Waals surface area contributed by atoms with Crippen molar-refractivity contribution in [2.75, 3.05) is 6.54 Å². The van der Waals surface area contributed by atoms with Gasteiger partial charge in [-0.05, 0) is 45.9 Å². The zero-order chi connectivity index (χ0) is 12.2. The van der Waals surface area contributed by atoms with Gasteiger partial charge in [-0.1, -0.05) is 6.92 Å². The van der Waals surface area contributed by atoms with Crippen LogP contribution in [0, 0.1) is 0 Å². The van der Waals surface area contributed by atoms with Crippen LogP contribution >= 0.6 is 0 Å². The molecule has 0 amide bonds. The Hall–Kier alpha value is -1.09. The molecule has 0 aliphatic heterocycles. The molecule has 0 aromatic carbocycles. The SMILES string of the molecule is CCNC(C)c1ccnc(OC(C)(C)C)c1. The summed E-state index contributed by atoms with van der Waals surface area (Å²) in [4.78, 5) is 4.22. The minimum absolute atomic E-state index is 0.201. The summed E-state index contributed by atoms with van der Waals surface area (Å²) in [6.45, 7) is 11.3. The average Bonchev–Trinajstić information content (AvgIpc) is 2.16. The molecule has 0 saturated carbocycles. The summed E-state index contributed by atoms with van der Waals surface area (Å²) in [7, 11) is 0. The number of rotatable bonds is 4. The fourth-order valence-electron chi connectivity index (χ4n) is 1.49. The maximum absolute atomic E-state index is 5.73. The van der Waals surface area contributed by atoms with E-state index < -0.39 is 0 Å². The monoisotopic (exact) mass is 222 g/mol. The number of hydrogen-bond acceptors (Lipinski definition) is 3. The molecule has 16 heavy (non-hydrogen) atoms. The fourth-order valence-corrected chi connectivity index (χ4v) is 1.49. The van der Waals surface area contributed by atoms with E-state index >= 15 is 0 Å². The van der Waals surface area contributed by atoms with Crippen LogP contribution in [-0.4, -0.2) is 17.1 Å². The quantitative estimate of drug-likeness (QED) is 0.850. The zero-order valence-electron chi connectivity index (χ0n) is 10.9. The lowest BCUT2D eigenvalue weighted by molar-refractivity contribution is 0.124. The number of nitrogens with zero attached hydrogens (tertiary/aromatic N) is 1. The standard InChI is InChI=1S/C13H22N2O/c1-6-14-10(2)11-7-8-15-12(9-11)16-13(3,4)5/h7-10,14H,6H2,1-5H3. The molecule has 1 atom stereocenters. The Bertz CT molecular complexity index is 331. The molecule has 1 unspecified atom stereocenters. The highest BCUT2D eigenvalue weighted by Gasteiger charge is 2.13. The molecule has 0 aliphatic carbocycles. The first-order valence-electron chi connectivity index (χ1n) is 5.80. The molecule has 1 aromatic heterocycles. The molecule has 0 saturated heterocycles. The molecular formula is C13H22N2O. The molecule has 1 rings (SSSR count). The third-order valence-electron chi connectivity index (χ3n) is 2.18. The minimum Gasteiger partial charge on any atom is -0.472 e. The maximum atomic E-state index is 5.73. The topological polar surface area (TPSA) is 34.2 Å². The molecule has 0 spiro atoms. The van der Waals surface area contributed by atoms with E-state index in [0.717, 1.165) is 6.54 Å². The molecule has 0 bridgehead atoms. The molecular weight excluding hydrogens is 200 g/mol. The summed E-state index contributed by atoms with van der Waals surface area (Å²) in [5, 5.41) is 3.37. The summed E-state index contributed by atoms with van der Waals surface area (Å²) >= 11 is 0.